The zero-order chi connectivity index (χ0) is 23.0. The molecule has 0 spiro atoms. The van der Waals surface area contributed by atoms with E-state index in [4.69, 9.17) is 0 Å². The van der Waals surface area contributed by atoms with Crippen molar-refractivity contribution >= 4 is 17.8 Å². The van der Waals surface area contributed by atoms with E-state index in [-0.39, 0.29) is 6.54 Å². The molecule has 166 valence electrons. The number of piperidine rings is 1. The molecule has 0 radical (unpaired) electrons. The third kappa shape index (κ3) is 3.26. The van der Waals surface area contributed by atoms with Gasteiger partial charge in [0.05, 0.1) is 5.41 Å². The molecule has 0 bridgehead atoms. The highest BCUT2D eigenvalue weighted by Gasteiger charge is 2.88. The number of rotatable bonds is 4. The maximum Gasteiger partial charge on any atom is 0.471 e. The Morgan fingerprint density at radius 1 is 1.07 bits per heavy atom. The minimum atomic E-state index is -5.26. The van der Waals surface area contributed by atoms with Crippen molar-refractivity contribution in [1.82, 2.24) is 10.2 Å². The summed E-state index contributed by atoms with van der Waals surface area (Å²) in [5, 5.41) is 11.3. The van der Waals surface area contributed by atoms with Gasteiger partial charge < -0.3 is 15.3 Å². The van der Waals surface area contributed by atoms with E-state index in [0.29, 0.717) is 11.8 Å². The van der Waals surface area contributed by atoms with E-state index in [9.17, 15) is 41.4 Å². The van der Waals surface area contributed by atoms with Crippen LogP contribution in [0.2, 0.25) is 0 Å². The number of likely N-dealkylation sites (tertiary alicyclic amines) is 1. The second kappa shape index (κ2) is 6.28. The van der Waals surface area contributed by atoms with Gasteiger partial charge in [-0.05, 0) is 16.7 Å². The Morgan fingerprint density at radius 2 is 1.55 bits per heavy atom. The third-order valence-electron chi connectivity index (χ3n) is 6.42. The van der Waals surface area contributed by atoms with Gasteiger partial charge in [0.2, 0.25) is 5.91 Å². The van der Waals surface area contributed by atoms with Crippen LogP contribution >= 0.6 is 0 Å². The Hall–Kier alpha value is -1.94. The van der Waals surface area contributed by atoms with Gasteiger partial charge in [-0.3, -0.25) is 9.59 Å². The Balaban J connectivity index is 2.46. The molecule has 29 heavy (non-hydrogen) atoms. The predicted octanol–water partition coefficient (Wildman–Crippen LogP) is 2.67. The lowest BCUT2D eigenvalue weighted by atomic mass is 9.81. The van der Waals surface area contributed by atoms with Crippen molar-refractivity contribution in [3.05, 3.63) is 0 Å². The average molecular weight is 428 g/mol. The van der Waals surface area contributed by atoms with Crippen LogP contribution in [0.15, 0.2) is 0 Å². The molecule has 2 aliphatic rings. The lowest BCUT2D eigenvalue weighted by Gasteiger charge is -2.40. The number of carbonyl (C=O) groups is 3. The molecule has 1 aliphatic carbocycles. The molecule has 2 amide bonds. The Bertz CT molecular complexity index is 726. The summed E-state index contributed by atoms with van der Waals surface area (Å²) in [7, 11) is 0. The van der Waals surface area contributed by atoms with Gasteiger partial charge in [-0.1, -0.05) is 34.6 Å². The van der Waals surface area contributed by atoms with Crippen molar-refractivity contribution < 1.29 is 41.4 Å². The van der Waals surface area contributed by atoms with E-state index in [1.54, 1.807) is 5.32 Å². The van der Waals surface area contributed by atoms with Crippen LogP contribution < -0.4 is 5.32 Å². The lowest BCUT2D eigenvalue weighted by Crippen LogP contribution is -2.61. The van der Waals surface area contributed by atoms with E-state index in [1.165, 1.54) is 34.6 Å². The fraction of sp³-hybridized carbons (Fsp3) is 0.833. The highest BCUT2D eigenvalue weighted by atomic mass is 19.4. The molecule has 0 aromatic carbocycles. The van der Waals surface area contributed by atoms with Crippen molar-refractivity contribution in [1.29, 1.82) is 0 Å². The molecule has 1 saturated carbocycles. The number of halogens is 5. The number of aliphatic carboxylic acids is 1. The molecular weight excluding hydrogens is 403 g/mol. The highest BCUT2D eigenvalue weighted by Crippen LogP contribution is 2.80. The van der Waals surface area contributed by atoms with Gasteiger partial charge in [0, 0.05) is 13.5 Å². The minimum absolute atomic E-state index is 0.347. The average Bonchev–Trinajstić information content (AvgIpc) is 2.84. The molecule has 6 nitrogen and oxygen atoms in total. The van der Waals surface area contributed by atoms with Gasteiger partial charge in [0.1, 0.15) is 12.1 Å². The molecule has 0 aromatic heterocycles. The molecule has 0 aromatic rings. The summed E-state index contributed by atoms with van der Waals surface area (Å²) in [6.45, 7) is 7.36. The van der Waals surface area contributed by atoms with Gasteiger partial charge in [0.15, 0.2) is 0 Å². The van der Waals surface area contributed by atoms with Gasteiger partial charge >= 0.3 is 18.1 Å². The van der Waals surface area contributed by atoms with Crippen molar-refractivity contribution in [3.8, 4) is 0 Å². The maximum absolute atomic E-state index is 14.6. The van der Waals surface area contributed by atoms with Crippen LogP contribution in [0.4, 0.5) is 22.0 Å². The molecule has 4 atom stereocenters. The van der Waals surface area contributed by atoms with Crippen molar-refractivity contribution in [3.63, 3.8) is 0 Å². The summed E-state index contributed by atoms with van der Waals surface area (Å²) in [5.74, 6) is -9.46. The highest BCUT2D eigenvalue weighted by molar-refractivity contribution is 5.93. The summed E-state index contributed by atoms with van der Waals surface area (Å²) in [6.07, 6.45) is -5.26. The Labute approximate surface area is 164 Å². The van der Waals surface area contributed by atoms with Gasteiger partial charge in [-0.2, -0.15) is 13.2 Å². The molecular formula is C18H25F5N2O4. The SMILES string of the molecule is CC(C)(C)C(NC(=O)C(F)(F)F)C(=O)N1C[C@@H]2C(C)(C)[C@]2(C(C)(F)F)C1C(=O)O. The van der Waals surface area contributed by atoms with Gasteiger partial charge in [-0.25, -0.2) is 13.6 Å². The summed E-state index contributed by atoms with van der Waals surface area (Å²) in [6, 6.07) is -3.68. The van der Waals surface area contributed by atoms with Crippen LogP contribution in [-0.2, 0) is 14.4 Å². The van der Waals surface area contributed by atoms with E-state index >= 15 is 0 Å². The molecule has 2 fully saturated rings. The summed E-state index contributed by atoms with van der Waals surface area (Å²) in [4.78, 5) is 37.1. The standard InChI is InChI=1S/C18H25F5N2O4/c1-14(2,3)9(24-13(29)18(21,22)23)11(26)25-7-8-15(4,5)17(8,16(6,19)20)10(25)12(27)28/h8-10H,7H2,1-6H3,(H,24,29)(H,27,28)/t8-,9?,10?,17-/m1/s1. The molecule has 1 heterocycles. The van der Waals surface area contributed by atoms with Crippen LogP contribution in [0.3, 0.4) is 0 Å². The van der Waals surface area contributed by atoms with Crippen LogP contribution in [0, 0.1) is 22.2 Å². The molecule has 2 N–H and O–H groups in total. The smallest absolute Gasteiger partial charge is 0.471 e. The fourth-order valence-corrected chi connectivity index (χ4v) is 5.05. The Kier molecular flexibility index (Phi) is 5.05. The third-order valence-corrected chi connectivity index (χ3v) is 6.42. The summed E-state index contributed by atoms with van der Waals surface area (Å²) in [5.41, 5.74) is -4.36. The number of amides is 2. The maximum atomic E-state index is 14.6. The van der Waals surface area contributed by atoms with E-state index in [1.807, 2.05) is 0 Å². The van der Waals surface area contributed by atoms with Crippen LogP contribution in [-0.4, -0.2) is 58.5 Å². The predicted molar refractivity (Wildman–Crippen MR) is 90.9 cm³/mol. The van der Waals surface area contributed by atoms with Crippen molar-refractivity contribution in [2.45, 2.75) is 65.7 Å². The topological polar surface area (TPSA) is 86.7 Å². The number of hydrogen-bond donors (Lipinski definition) is 2. The van der Waals surface area contributed by atoms with Crippen LogP contribution in [0.1, 0.15) is 41.5 Å². The largest absolute Gasteiger partial charge is 0.480 e. The second-order valence-corrected chi connectivity index (χ2v) is 9.53. The number of carboxylic acids is 1. The van der Waals surface area contributed by atoms with Crippen LogP contribution in [0.5, 0.6) is 0 Å². The molecule has 2 rings (SSSR count). The van der Waals surface area contributed by atoms with Crippen molar-refractivity contribution in [2.75, 3.05) is 6.54 Å². The number of alkyl halides is 5. The van der Waals surface area contributed by atoms with Gasteiger partial charge in [0.25, 0.3) is 5.92 Å². The zero-order valence-corrected chi connectivity index (χ0v) is 16.9. The zero-order valence-electron chi connectivity index (χ0n) is 16.9. The normalized spacial score (nSPS) is 29.8. The number of hydrogen-bond acceptors (Lipinski definition) is 3. The molecule has 11 heteroatoms. The Morgan fingerprint density at radius 3 is 1.90 bits per heavy atom. The first-order valence-corrected chi connectivity index (χ1v) is 9.01. The molecule has 1 saturated heterocycles. The summed E-state index contributed by atoms with van der Waals surface area (Å²) >= 11 is 0. The first-order valence-electron chi connectivity index (χ1n) is 9.01. The van der Waals surface area contributed by atoms with Crippen molar-refractivity contribution in [2.24, 2.45) is 22.2 Å². The van der Waals surface area contributed by atoms with E-state index in [2.05, 4.69) is 0 Å². The van der Waals surface area contributed by atoms with E-state index in [0.717, 1.165) is 0 Å². The lowest BCUT2D eigenvalue weighted by molar-refractivity contribution is -0.177. The number of fused-ring (bicyclic) bond motifs is 1. The summed E-state index contributed by atoms with van der Waals surface area (Å²) < 4.78 is 67.3. The van der Waals surface area contributed by atoms with E-state index < -0.39 is 64.1 Å². The van der Waals surface area contributed by atoms with Gasteiger partial charge in [-0.15, -0.1) is 0 Å². The molecule has 2 unspecified atom stereocenters. The minimum Gasteiger partial charge on any atom is -0.480 e. The first kappa shape index (κ1) is 23.3. The number of carbonyl (C=O) groups excluding carboxylic acids is 2. The fourth-order valence-electron chi connectivity index (χ4n) is 5.05. The first-order chi connectivity index (χ1) is 12.7. The quantitative estimate of drug-likeness (QED) is 0.675. The number of carboxylic acid groups (broad SMARTS) is 1. The van der Waals surface area contributed by atoms with Crippen LogP contribution in [0.25, 0.3) is 0 Å². The monoisotopic (exact) mass is 428 g/mol. The second-order valence-electron chi connectivity index (χ2n) is 9.53. The number of nitrogens with one attached hydrogen (secondary N) is 1. The molecule has 1 aliphatic heterocycles. The number of nitrogens with zero attached hydrogens (tertiary/aromatic N) is 1.